The zero-order chi connectivity index (χ0) is 20.1. The van der Waals surface area contributed by atoms with E-state index in [-0.39, 0.29) is 23.8 Å². The minimum absolute atomic E-state index is 0.171. The summed E-state index contributed by atoms with van der Waals surface area (Å²) < 4.78 is 41.9. The highest BCUT2D eigenvalue weighted by molar-refractivity contribution is 5.37. The largest absolute Gasteiger partial charge is 0.573 e. The van der Waals surface area contributed by atoms with Crippen LogP contribution in [0.2, 0.25) is 0 Å². The predicted molar refractivity (Wildman–Crippen MR) is 104 cm³/mol. The van der Waals surface area contributed by atoms with Gasteiger partial charge in [-0.3, -0.25) is 0 Å². The average molecular weight is 392 g/mol. The lowest BCUT2D eigenvalue weighted by atomic mass is 9.91. The average Bonchev–Trinajstić information content (AvgIpc) is 2.66. The van der Waals surface area contributed by atoms with E-state index in [1.807, 2.05) is 32.0 Å². The van der Waals surface area contributed by atoms with Crippen molar-refractivity contribution in [2.24, 2.45) is 0 Å². The minimum atomic E-state index is -4.68. The van der Waals surface area contributed by atoms with Crippen LogP contribution in [0, 0.1) is 0 Å². The number of halogens is 3. The molecule has 0 spiro atoms. The molecule has 1 saturated heterocycles. The first kappa shape index (κ1) is 20.7. The molecule has 0 amide bonds. The smallest absolute Gasteiger partial charge is 0.406 e. The molecule has 2 aromatic carbocycles. The summed E-state index contributed by atoms with van der Waals surface area (Å²) in [5, 5.41) is 7.14. The molecule has 2 N–H and O–H groups in total. The van der Waals surface area contributed by atoms with Crippen molar-refractivity contribution >= 4 is 0 Å². The van der Waals surface area contributed by atoms with Gasteiger partial charge in [0.2, 0.25) is 0 Å². The summed E-state index contributed by atoms with van der Waals surface area (Å²) in [6.07, 6.45) is -2.60. The summed E-state index contributed by atoms with van der Waals surface area (Å²) in [6, 6.07) is 15.3. The van der Waals surface area contributed by atoms with Crippen molar-refractivity contribution in [1.29, 1.82) is 0 Å². The second-order valence-electron chi connectivity index (χ2n) is 7.54. The van der Waals surface area contributed by atoms with Crippen LogP contribution in [0.4, 0.5) is 13.2 Å². The number of nitrogens with one attached hydrogen (secondary N) is 2. The van der Waals surface area contributed by atoms with Crippen molar-refractivity contribution in [2.45, 2.75) is 57.6 Å². The molecule has 3 nitrogen and oxygen atoms in total. The Morgan fingerprint density at radius 3 is 2.57 bits per heavy atom. The van der Waals surface area contributed by atoms with E-state index in [0.29, 0.717) is 6.54 Å². The van der Waals surface area contributed by atoms with Crippen LogP contribution in [0.5, 0.6) is 5.75 Å². The van der Waals surface area contributed by atoms with Gasteiger partial charge in [-0.2, -0.15) is 0 Å². The highest BCUT2D eigenvalue weighted by atomic mass is 19.4. The summed E-state index contributed by atoms with van der Waals surface area (Å²) in [7, 11) is 0. The quantitative estimate of drug-likeness (QED) is 0.701. The van der Waals surface area contributed by atoms with E-state index in [1.54, 1.807) is 6.07 Å². The van der Waals surface area contributed by atoms with Gasteiger partial charge in [-0.25, -0.2) is 0 Å². The van der Waals surface area contributed by atoms with Crippen LogP contribution in [0.3, 0.4) is 0 Å². The van der Waals surface area contributed by atoms with Gasteiger partial charge in [0.25, 0.3) is 0 Å². The van der Waals surface area contributed by atoms with E-state index < -0.39 is 6.36 Å². The Kier molecular flexibility index (Phi) is 6.62. The number of hydrogen-bond donors (Lipinski definition) is 2. The number of rotatable bonds is 6. The summed E-state index contributed by atoms with van der Waals surface area (Å²) in [5.74, 6) is 0.0428. The Morgan fingerprint density at radius 2 is 1.89 bits per heavy atom. The molecule has 0 aromatic heterocycles. The molecular weight excluding hydrogens is 365 g/mol. The second-order valence-corrected chi connectivity index (χ2v) is 7.54. The van der Waals surface area contributed by atoms with Crippen LogP contribution in [-0.4, -0.2) is 18.9 Å². The van der Waals surface area contributed by atoms with Crippen molar-refractivity contribution in [2.75, 3.05) is 6.54 Å². The van der Waals surface area contributed by atoms with Crippen molar-refractivity contribution in [1.82, 2.24) is 10.6 Å². The maximum Gasteiger partial charge on any atom is 0.573 e. The SMILES string of the molecule is CC(C)c1ccc(OC(F)(F)F)cc1CN[C@H]1CCCN[C@H]1c1ccccc1. The lowest BCUT2D eigenvalue weighted by molar-refractivity contribution is -0.274. The van der Waals surface area contributed by atoms with Crippen molar-refractivity contribution < 1.29 is 17.9 Å². The maximum absolute atomic E-state index is 12.6. The van der Waals surface area contributed by atoms with Crippen LogP contribution >= 0.6 is 0 Å². The molecule has 2 atom stereocenters. The zero-order valence-electron chi connectivity index (χ0n) is 16.2. The van der Waals surface area contributed by atoms with Gasteiger partial charge in [0.15, 0.2) is 0 Å². The first-order chi connectivity index (χ1) is 13.3. The molecular formula is C22H27F3N2O. The monoisotopic (exact) mass is 392 g/mol. The van der Waals surface area contributed by atoms with E-state index in [1.165, 1.54) is 17.7 Å². The summed E-state index contributed by atoms with van der Waals surface area (Å²) in [5.41, 5.74) is 3.09. The van der Waals surface area contributed by atoms with Gasteiger partial charge in [-0.15, -0.1) is 13.2 Å². The van der Waals surface area contributed by atoms with E-state index >= 15 is 0 Å². The van der Waals surface area contributed by atoms with Crippen LogP contribution in [0.25, 0.3) is 0 Å². The van der Waals surface area contributed by atoms with Crippen molar-refractivity contribution in [3.8, 4) is 5.75 Å². The summed E-state index contributed by atoms with van der Waals surface area (Å²) >= 11 is 0. The molecule has 0 bridgehead atoms. The molecule has 0 radical (unpaired) electrons. The Hall–Kier alpha value is -2.05. The first-order valence-electron chi connectivity index (χ1n) is 9.74. The molecule has 152 valence electrons. The molecule has 0 unspecified atom stereocenters. The molecule has 1 aliphatic heterocycles. The normalized spacial score (nSPS) is 20.4. The number of ether oxygens (including phenoxy) is 1. The lowest BCUT2D eigenvalue weighted by Crippen LogP contribution is -2.45. The highest BCUT2D eigenvalue weighted by Gasteiger charge is 2.31. The topological polar surface area (TPSA) is 33.3 Å². The van der Waals surface area contributed by atoms with Gasteiger partial charge < -0.3 is 15.4 Å². The summed E-state index contributed by atoms with van der Waals surface area (Å²) in [6.45, 7) is 5.54. The summed E-state index contributed by atoms with van der Waals surface area (Å²) in [4.78, 5) is 0. The Balaban J connectivity index is 1.77. The van der Waals surface area contributed by atoms with Gasteiger partial charge in [0, 0.05) is 18.6 Å². The number of alkyl halides is 3. The van der Waals surface area contributed by atoms with E-state index in [2.05, 4.69) is 27.5 Å². The highest BCUT2D eigenvalue weighted by Crippen LogP contribution is 2.29. The van der Waals surface area contributed by atoms with Gasteiger partial charge in [0.05, 0.1) is 0 Å². The molecule has 0 saturated carbocycles. The first-order valence-corrected chi connectivity index (χ1v) is 9.74. The minimum Gasteiger partial charge on any atom is -0.406 e. The fourth-order valence-electron chi connectivity index (χ4n) is 3.86. The van der Waals surface area contributed by atoms with Crippen molar-refractivity contribution in [3.63, 3.8) is 0 Å². The Bertz CT molecular complexity index is 762. The second kappa shape index (κ2) is 8.97. The van der Waals surface area contributed by atoms with Gasteiger partial charge in [0.1, 0.15) is 5.75 Å². The fourth-order valence-corrected chi connectivity index (χ4v) is 3.86. The van der Waals surface area contributed by atoms with Gasteiger partial charge in [-0.05, 0) is 54.1 Å². The van der Waals surface area contributed by atoms with Crippen LogP contribution in [-0.2, 0) is 6.54 Å². The zero-order valence-corrected chi connectivity index (χ0v) is 16.2. The Labute approximate surface area is 164 Å². The van der Waals surface area contributed by atoms with E-state index in [4.69, 9.17) is 0 Å². The molecule has 3 rings (SSSR count). The lowest BCUT2D eigenvalue weighted by Gasteiger charge is -2.34. The Morgan fingerprint density at radius 1 is 1.14 bits per heavy atom. The third kappa shape index (κ3) is 5.49. The number of piperidine rings is 1. The molecule has 28 heavy (non-hydrogen) atoms. The predicted octanol–water partition coefficient (Wildman–Crippen LogP) is 5.29. The number of benzene rings is 2. The molecule has 6 heteroatoms. The van der Waals surface area contributed by atoms with Gasteiger partial charge >= 0.3 is 6.36 Å². The third-order valence-electron chi connectivity index (χ3n) is 5.14. The fraction of sp³-hybridized carbons (Fsp3) is 0.455. The molecule has 1 aliphatic rings. The molecule has 0 aliphatic carbocycles. The maximum atomic E-state index is 12.6. The van der Waals surface area contributed by atoms with Crippen LogP contribution < -0.4 is 15.4 Å². The van der Waals surface area contributed by atoms with E-state index in [9.17, 15) is 13.2 Å². The number of hydrogen-bond acceptors (Lipinski definition) is 3. The third-order valence-corrected chi connectivity index (χ3v) is 5.14. The van der Waals surface area contributed by atoms with Gasteiger partial charge in [-0.1, -0.05) is 50.2 Å². The molecule has 1 fully saturated rings. The van der Waals surface area contributed by atoms with Crippen LogP contribution in [0.15, 0.2) is 48.5 Å². The van der Waals surface area contributed by atoms with Crippen molar-refractivity contribution in [3.05, 3.63) is 65.2 Å². The van der Waals surface area contributed by atoms with E-state index in [0.717, 1.165) is 30.5 Å². The molecule has 2 aromatic rings. The molecule has 1 heterocycles. The standard InChI is InChI=1S/C22H27F3N2O/c1-15(2)19-11-10-18(28-22(23,24)25)13-17(19)14-27-20-9-6-12-26-21(20)16-7-4-3-5-8-16/h3-5,7-8,10-11,13,15,20-21,26-27H,6,9,12,14H2,1-2H3/t20-,21-/m0/s1. The van der Waals surface area contributed by atoms with Crippen LogP contribution in [0.1, 0.15) is 55.3 Å².